The molecule has 2 aromatic carbocycles. The molecule has 0 aliphatic carbocycles. The van der Waals surface area contributed by atoms with Crippen LogP contribution in [0.25, 0.3) is 5.76 Å². The molecule has 1 heterocycles. The summed E-state index contributed by atoms with van der Waals surface area (Å²) in [5, 5.41) is 11.4. The first kappa shape index (κ1) is 25.1. The fraction of sp³-hybridized carbons (Fsp3) is 0.385. The molecule has 0 saturated carbocycles. The second-order valence-electron chi connectivity index (χ2n) is 8.14. The maximum atomic E-state index is 13.2. The molecule has 1 aliphatic rings. The summed E-state index contributed by atoms with van der Waals surface area (Å²) >= 11 is 0. The summed E-state index contributed by atoms with van der Waals surface area (Å²) in [6.45, 7) is 4.54. The van der Waals surface area contributed by atoms with Crippen LogP contribution in [0.4, 0.5) is 0 Å². The van der Waals surface area contributed by atoms with Crippen LogP contribution in [0.2, 0.25) is 0 Å². The Morgan fingerprint density at radius 2 is 1.79 bits per heavy atom. The van der Waals surface area contributed by atoms with Gasteiger partial charge in [-0.1, -0.05) is 12.1 Å². The number of methoxy groups -OCH3 is 3. The van der Waals surface area contributed by atoms with Gasteiger partial charge in [-0.05, 0) is 56.2 Å². The van der Waals surface area contributed by atoms with Crippen molar-refractivity contribution in [1.82, 2.24) is 4.90 Å². The van der Waals surface area contributed by atoms with Crippen LogP contribution in [-0.2, 0) is 14.3 Å². The Bertz CT molecular complexity index is 1080. The van der Waals surface area contributed by atoms with Gasteiger partial charge < -0.3 is 29.0 Å². The molecule has 0 radical (unpaired) electrons. The van der Waals surface area contributed by atoms with E-state index in [1.165, 1.54) is 19.1 Å². The highest BCUT2D eigenvalue weighted by Gasteiger charge is 2.46. The van der Waals surface area contributed by atoms with E-state index in [2.05, 4.69) is 0 Å². The number of hydrogen-bond donors (Lipinski definition) is 1. The molecule has 1 fully saturated rings. The zero-order valence-electron chi connectivity index (χ0n) is 20.2. The highest BCUT2D eigenvalue weighted by Crippen LogP contribution is 2.42. The normalized spacial score (nSPS) is 17.4. The highest BCUT2D eigenvalue weighted by atomic mass is 16.5. The van der Waals surface area contributed by atoms with Gasteiger partial charge >= 0.3 is 0 Å². The second kappa shape index (κ2) is 11.1. The summed E-state index contributed by atoms with van der Waals surface area (Å²) in [7, 11) is 4.54. The quantitative estimate of drug-likeness (QED) is 0.244. The number of Topliss-reactive ketones (excluding diaryl/α,β-unsaturated/α-hetero) is 1. The van der Waals surface area contributed by atoms with Gasteiger partial charge in [-0.3, -0.25) is 9.59 Å². The lowest BCUT2D eigenvalue weighted by molar-refractivity contribution is -0.140. The lowest BCUT2D eigenvalue weighted by Crippen LogP contribution is -2.31. The molecule has 0 spiro atoms. The largest absolute Gasteiger partial charge is 0.507 e. The van der Waals surface area contributed by atoms with Gasteiger partial charge in [-0.2, -0.15) is 0 Å². The van der Waals surface area contributed by atoms with Crippen molar-refractivity contribution in [3.8, 4) is 17.2 Å². The molecule has 1 amide bonds. The number of aliphatic hydroxyl groups is 1. The highest BCUT2D eigenvalue weighted by molar-refractivity contribution is 6.46. The topological polar surface area (TPSA) is 94.5 Å². The van der Waals surface area contributed by atoms with E-state index in [9.17, 15) is 14.7 Å². The first-order chi connectivity index (χ1) is 16.3. The van der Waals surface area contributed by atoms with Gasteiger partial charge in [0.15, 0.2) is 0 Å². The molecule has 1 aliphatic heterocycles. The molecule has 1 unspecified atom stereocenters. The summed E-state index contributed by atoms with van der Waals surface area (Å²) in [5.41, 5.74) is 0.894. The van der Waals surface area contributed by atoms with Gasteiger partial charge in [0.05, 0.1) is 37.5 Å². The number of ether oxygens (including phenoxy) is 4. The van der Waals surface area contributed by atoms with Crippen LogP contribution >= 0.6 is 0 Å². The van der Waals surface area contributed by atoms with Crippen LogP contribution in [0.15, 0.2) is 48.0 Å². The number of aliphatic hydroxyl groups excluding tert-OH is 1. The van der Waals surface area contributed by atoms with Crippen molar-refractivity contribution in [1.29, 1.82) is 0 Å². The summed E-state index contributed by atoms with van der Waals surface area (Å²) in [4.78, 5) is 27.8. The summed E-state index contributed by atoms with van der Waals surface area (Å²) in [5.74, 6) is -0.350. The third-order valence-corrected chi connectivity index (χ3v) is 5.49. The van der Waals surface area contributed by atoms with E-state index >= 15 is 0 Å². The van der Waals surface area contributed by atoms with Crippen molar-refractivity contribution < 1.29 is 33.6 Å². The number of carbonyl (C=O) groups is 2. The molecular formula is C26H31NO7. The molecule has 8 heteroatoms. The fourth-order valence-corrected chi connectivity index (χ4v) is 4.01. The second-order valence-corrected chi connectivity index (χ2v) is 8.14. The van der Waals surface area contributed by atoms with Crippen molar-refractivity contribution in [2.45, 2.75) is 32.4 Å². The van der Waals surface area contributed by atoms with Crippen LogP contribution in [0.1, 0.15) is 37.4 Å². The van der Waals surface area contributed by atoms with E-state index in [1.54, 1.807) is 37.4 Å². The fourth-order valence-electron chi connectivity index (χ4n) is 4.01. The minimum absolute atomic E-state index is 0.0179. The van der Waals surface area contributed by atoms with E-state index in [1.807, 2.05) is 26.0 Å². The lowest BCUT2D eigenvalue weighted by atomic mass is 9.94. The van der Waals surface area contributed by atoms with E-state index in [0.717, 1.165) is 0 Å². The zero-order valence-corrected chi connectivity index (χ0v) is 20.2. The Balaban J connectivity index is 2.19. The van der Waals surface area contributed by atoms with Crippen LogP contribution < -0.4 is 14.2 Å². The third kappa shape index (κ3) is 5.17. The van der Waals surface area contributed by atoms with Gasteiger partial charge in [0, 0.05) is 20.3 Å². The number of benzene rings is 2. The predicted molar refractivity (Wildman–Crippen MR) is 127 cm³/mol. The van der Waals surface area contributed by atoms with E-state index in [4.69, 9.17) is 18.9 Å². The predicted octanol–water partition coefficient (Wildman–Crippen LogP) is 3.95. The number of ketones is 1. The molecule has 34 heavy (non-hydrogen) atoms. The molecule has 182 valence electrons. The number of amides is 1. The van der Waals surface area contributed by atoms with E-state index < -0.39 is 17.7 Å². The number of carbonyl (C=O) groups excluding carboxylic acids is 2. The molecule has 2 aromatic rings. The van der Waals surface area contributed by atoms with E-state index in [0.29, 0.717) is 35.8 Å². The molecule has 0 bridgehead atoms. The average molecular weight is 470 g/mol. The van der Waals surface area contributed by atoms with Gasteiger partial charge in [-0.15, -0.1) is 0 Å². The van der Waals surface area contributed by atoms with Gasteiger partial charge in [0.1, 0.15) is 23.0 Å². The van der Waals surface area contributed by atoms with Crippen LogP contribution in [0.5, 0.6) is 17.2 Å². The number of rotatable bonds is 10. The van der Waals surface area contributed by atoms with Crippen molar-refractivity contribution in [3.05, 3.63) is 59.2 Å². The molecule has 0 aromatic heterocycles. The molecule has 3 rings (SSSR count). The molecular weight excluding hydrogens is 438 g/mol. The monoisotopic (exact) mass is 469 g/mol. The van der Waals surface area contributed by atoms with Crippen molar-refractivity contribution in [3.63, 3.8) is 0 Å². The van der Waals surface area contributed by atoms with Crippen molar-refractivity contribution >= 4 is 17.4 Å². The van der Waals surface area contributed by atoms with Gasteiger partial charge in [-0.25, -0.2) is 0 Å². The maximum Gasteiger partial charge on any atom is 0.295 e. The smallest absolute Gasteiger partial charge is 0.295 e. The Labute approximate surface area is 199 Å². The molecule has 8 nitrogen and oxygen atoms in total. The third-order valence-electron chi connectivity index (χ3n) is 5.49. The Kier molecular flexibility index (Phi) is 8.17. The first-order valence-electron chi connectivity index (χ1n) is 11.1. The van der Waals surface area contributed by atoms with Crippen LogP contribution in [-0.4, -0.2) is 62.3 Å². The van der Waals surface area contributed by atoms with Gasteiger partial charge in [0.25, 0.3) is 11.7 Å². The standard InChI is InChI=1S/C26H31NO7/c1-16(2)34-19-9-6-8-17(14-19)23-22(25(29)26(30)27(23)12-7-13-31-3)24(28)20-15-18(32-4)10-11-21(20)33-5/h6,8-11,14-16,23,28H,7,12-13H2,1-5H3/b24-22+. The molecule has 1 atom stereocenters. The summed E-state index contributed by atoms with van der Waals surface area (Å²) in [6, 6.07) is 11.3. The van der Waals surface area contributed by atoms with Crippen LogP contribution in [0, 0.1) is 0 Å². The molecule has 1 saturated heterocycles. The SMILES string of the molecule is COCCCN1C(=O)C(=O)/C(=C(/O)c2cc(OC)ccc2OC)C1c1cccc(OC(C)C)c1. The zero-order chi connectivity index (χ0) is 24.8. The Hall–Kier alpha value is -3.52. The number of nitrogens with zero attached hydrogens (tertiary/aromatic N) is 1. The first-order valence-corrected chi connectivity index (χ1v) is 11.1. The number of hydrogen-bond acceptors (Lipinski definition) is 7. The Morgan fingerprint density at radius 1 is 1.03 bits per heavy atom. The van der Waals surface area contributed by atoms with Gasteiger partial charge in [0.2, 0.25) is 0 Å². The Morgan fingerprint density at radius 3 is 2.44 bits per heavy atom. The maximum absolute atomic E-state index is 13.2. The number of likely N-dealkylation sites (tertiary alicyclic amines) is 1. The average Bonchev–Trinajstić information content (AvgIpc) is 3.08. The minimum Gasteiger partial charge on any atom is -0.507 e. The van der Waals surface area contributed by atoms with Crippen LogP contribution in [0.3, 0.4) is 0 Å². The molecule has 1 N–H and O–H groups in total. The van der Waals surface area contributed by atoms with Crippen molar-refractivity contribution in [2.24, 2.45) is 0 Å². The van der Waals surface area contributed by atoms with E-state index in [-0.39, 0.29) is 29.5 Å². The van der Waals surface area contributed by atoms with Crippen molar-refractivity contribution in [2.75, 3.05) is 34.5 Å². The lowest BCUT2D eigenvalue weighted by Gasteiger charge is -2.26. The minimum atomic E-state index is -0.802. The summed E-state index contributed by atoms with van der Waals surface area (Å²) in [6.07, 6.45) is 0.481. The summed E-state index contributed by atoms with van der Waals surface area (Å²) < 4.78 is 21.6.